The van der Waals surface area contributed by atoms with Crippen molar-refractivity contribution < 1.29 is 24.0 Å². The SMILES string of the molecule is CCCOC(=O)c1cccc(OC(=O)c2ccccc2[N+](=O)[O-])c1. The fourth-order valence-corrected chi connectivity index (χ4v) is 1.93. The van der Waals surface area contributed by atoms with Crippen molar-refractivity contribution in [1.29, 1.82) is 0 Å². The number of hydrogen-bond donors (Lipinski definition) is 0. The number of nitro groups is 1. The molecule has 7 heteroatoms. The Kier molecular flexibility index (Phi) is 5.62. The minimum atomic E-state index is -0.874. The zero-order chi connectivity index (χ0) is 17.5. The van der Waals surface area contributed by atoms with Crippen LogP contribution >= 0.6 is 0 Å². The monoisotopic (exact) mass is 329 g/mol. The van der Waals surface area contributed by atoms with Crippen molar-refractivity contribution >= 4 is 17.6 Å². The summed E-state index contributed by atoms with van der Waals surface area (Å²) in [7, 11) is 0. The van der Waals surface area contributed by atoms with E-state index >= 15 is 0 Å². The Labute approximate surface area is 138 Å². The van der Waals surface area contributed by atoms with E-state index in [0.29, 0.717) is 13.0 Å². The summed E-state index contributed by atoms with van der Waals surface area (Å²) in [6.07, 6.45) is 0.693. The lowest BCUT2D eigenvalue weighted by Crippen LogP contribution is -2.12. The number of carbonyl (C=O) groups excluding carboxylic acids is 2. The fraction of sp³-hybridized carbons (Fsp3) is 0.176. The highest BCUT2D eigenvalue weighted by atomic mass is 16.6. The van der Waals surface area contributed by atoms with E-state index in [9.17, 15) is 19.7 Å². The van der Waals surface area contributed by atoms with Gasteiger partial charge in [0.1, 0.15) is 11.3 Å². The first kappa shape index (κ1) is 17.1. The minimum absolute atomic E-state index is 0.101. The molecule has 0 spiro atoms. The highest BCUT2D eigenvalue weighted by molar-refractivity contribution is 5.95. The summed E-state index contributed by atoms with van der Waals surface area (Å²) in [6, 6.07) is 11.4. The third-order valence-corrected chi connectivity index (χ3v) is 3.04. The topological polar surface area (TPSA) is 95.7 Å². The molecule has 0 aromatic heterocycles. The number of nitrogens with zero attached hydrogens (tertiary/aromatic N) is 1. The quantitative estimate of drug-likeness (QED) is 0.349. The maximum Gasteiger partial charge on any atom is 0.350 e. The van der Waals surface area contributed by atoms with Crippen LogP contribution in [0.3, 0.4) is 0 Å². The lowest BCUT2D eigenvalue weighted by Gasteiger charge is -2.07. The molecule has 0 bridgehead atoms. The Morgan fingerprint density at radius 3 is 2.54 bits per heavy atom. The van der Waals surface area contributed by atoms with Gasteiger partial charge in [-0.15, -0.1) is 0 Å². The van der Waals surface area contributed by atoms with Gasteiger partial charge >= 0.3 is 11.9 Å². The molecular weight excluding hydrogens is 314 g/mol. The van der Waals surface area contributed by atoms with Gasteiger partial charge in [-0.05, 0) is 30.7 Å². The Bertz CT molecular complexity index is 771. The highest BCUT2D eigenvalue weighted by Crippen LogP contribution is 2.21. The van der Waals surface area contributed by atoms with Crippen LogP contribution in [-0.4, -0.2) is 23.5 Å². The molecule has 0 aliphatic rings. The molecular formula is C17H15NO6. The van der Waals surface area contributed by atoms with E-state index in [1.165, 1.54) is 48.5 Å². The van der Waals surface area contributed by atoms with E-state index in [1.54, 1.807) is 0 Å². The van der Waals surface area contributed by atoms with Gasteiger partial charge < -0.3 is 9.47 Å². The molecule has 2 aromatic carbocycles. The van der Waals surface area contributed by atoms with Crippen LogP contribution in [0.1, 0.15) is 34.1 Å². The largest absolute Gasteiger partial charge is 0.462 e. The molecule has 0 aliphatic heterocycles. The third kappa shape index (κ3) is 4.16. The van der Waals surface area contributed by atoms with Crippen molar-refractivity contribution in [3.05, 3.63) is 69.8 Å². The Hall–Kier alpha value is -3.22. The van der Waals surface area contributed by atoms with Crippen molar-refractivity contribution in [3.63, 3.8) is 0 Å². The Balaban J connectivity index is 2.18. The zero-order valence-electron chi connectivity index (χ0n) is 12.9. The third-order valence-electron chi connectivity index (χ3n) is 3.04. The molecule has 2 aromatic rings. The first-order valence-corrected chi connectivity index (χ1v) is 7.25. The average Bonchev–Trinajstić information content (AvgIpc) is 2.59. The Morgan fingerprint density at radius 2 is 1.83 bits per heavy atom. The summed E-state index contributed by atoms with van der Waals surface area (Å²) < 4.78 is 10.1. The maximum absolute atomic E-state index is 12.1. The Morgan fingerprint density at radius 1 is 1.08 bits per heavy atom. The van der Waals surface area contributed by atoms with Crippen LogP contribution in [-0.2, 0) is 4.74 Å². The van der Waals surface area contributed by atoms with Crippen molar-refractivity contribution in [1.82, 2.24) is 0 Å². The van der Waals surface area contributed by atoms with Crippen LogP contribution in [0.15, 0.2) is 48.5 Å². The number of carbonyl (C=O) groups is 2. The zero-order valence-corrected chi connectivity index (χ0v) is 12.9. The van der Waals surface area contributed by atoms with Gasteiger partial charge in [-0.3, -0.25) is 10.1 Å². The number of para-hydroxylation sites is 1. The molecule has 0 aliphatic carbocycles. The summed E-state index contributed by atoms with van der Waals surface area (Å²) in [5.74, 6) is -1.30. The van der Waals surface area contributed by atoms with Crippen molar-refractivity contribution in [2.24, 2.45) is 0 Å². The van der Waals surface area contributed by atoms with Crippen molar-refractivity contribution in [3.8, 4) is 5.75 Å². The molecule has 0 unspecified atom stereocenters. The van der Waals surface area contributed by atoms with Gasteiger partial charge in [0.05, 0.1) is 17.1 Å². The minimum Gasteiger partial charge on any atom is -0.462 e. The average molecular weight is 329 g/mol. The molecule has 0 N–H and O–H groups in total. The number of benzene rings is 2. The van der Waals surface area contributed by atoms with E-state index < -0.39 is 16.9 Å². The van der Waals surface area contributed by atoms with Gasteiger partial charge in [-0.2, -0.15) is 0 Å². The van der Waals surface area contributed by atoms with E-state index in [4.69, 9.17) is 9.47 Å². The number of rotatable bonds is 6. The molecule has 0 heterocycles. The summed E-state index contributed by atoms with van der Waals surface area (Å²) in [5.41, 5.74) is -0.279. The summed E-state index contributed by atoms with van der Waals surface area (Å²) in [4.78, 5) is 34.3. The van der Waals surface area contributed by atoms with E-state index in [-0.39, 0.29) is 22.6 Å². The van der Waals surface area contributed by atoms with Gasteiger partial charge in [0.15, 0.2) is 0 Å². The molecule has 0 fully saturated rings. The van der Waals surface area contributed by atoms with Crippen LogP contribution in [0.4, 0.5) is 5.69 Å². The van der Waals surface area contributed by atoms with E-state index in [0.717, 1.165) is 0 Å². The van der Waals surface area contributed by atoms with Crippen LogP contribution in [0.2, 0.25) is 0 Å². The van der Waals surface area contributed by atoms with Crippen molar-refractivity contribution in [2.75, 3.05) is 6.61 Å². The van der Waals surface area contributed by atoms with Gasteiger partial charge in [0.25, 0.3) is 5.69 Å². The lowest BCUT2D eigenvalue weighted by molar-refractivity contribution is -0.385. The molecule has 0 radical (unpaired) electrons. The number of nitro benzene ring substituents is 1. The second-order valence-electron chi connectivity index (χ2n) is 4.83. The molecule has 24 heavy (non-hydrogen) atoms. The normalized spacial score (nSPS) is 10.0. The standard InChI is InChI=1S/C17H15NO6/c1-2-10-23-16(19)12-6-5-7-13(11-12)24-17(20)14-8-3-4-9-15(14)18(21)22/h3-9,11H,2,10H2,1H3. The van der Waals surface area contributed by atoms with Crippen LogP contribution in [0, 0.1) is 10.1 Å². The van der Waals surface area contributed by atoms with E-state index in [2.05, 4.69) is 0 Å². The second-order valence-corrected chi connectivity index (χ2v) is 4.83. The van der Waals surface area contributed by atoms with Crippen molar-refractivity contribution in [2.45, 2.75) is 13.3 Å². The molecule has 7 nitrogen and oxygen atoms in total. The van der Waals surface area contributed by atoms with Crippen LogP contribution in [0.25, 0.3) is 0 Å². The fourth-order valence-electron chi connectivity index (χ4n) is 1.93. The molecule has 0 amide bonds. The number of hydrogen-bond acceptors (Lipinski definition) is 6. The van der Waals surface area contributed by atoms with E-state index in [1.807, 2.05) is 6.92 Å². The molecule has 0 saturated carbocycles. The van der Waals surface area contributed by atoms with Crippen LogP contribution in [0.5, 0.6) is 5.75 Å². The molecule has 0 saturated heterocycles. The van der Waals surface area contributed by atoms with Gasteiger partial charge in [0.2, 0.25) is 0 Å². The molecule has 124 valence electrons. The summed E-state index contributed by atoms with van der Waals surface area (Å²) in [5, 5.41) is 11.0. The van der Waals surface area contributed by atoms with Gasteiger partial charge in [-0.25, -0.2) is 9.59 Å². The maximum atomic E-state index is 12.1. The molecule has 2 rings (SSSR count). The number of ether oxygens (including phenoxy) is 2. The van der Waals surface area contributed by atoms with Crippen LogP contribution < -0.4 is 4.74 Å². The molecule has 0 atom stereocenters. The van der Waals surface area contributed by atoms with Gasteiger partial charge in [-0.1, -0.05) is 25.1 Å². The summed E-state index contributed by atoms with van der Waals surface area (Å²) in [6.45, 7) is 2.16. The first-order chi connectivity index (χ1) is 11.5. The first-order valence-electron chi connectivity index (χ1n) is 7.25. The van der Waals surface area contributed by atoms with Gasteiger partial charge in [0, 0.05) is 6.07 Å². The second kappa shape index (κ2) is 7.87. The predicted octanol–water partition coefficient (Wildman–Crippen LogP) is 3.38. The summed E-state index contributed by atoms with van der Waals surface area (Å²) >= 11 is 0. The smallest absolute Gasteiger partial charge is 0.350 e. The predicted molar refractivity (Wildman–Crippen MR) is 85.1 cm³/mol. The number of esters is 2. The lowest BCUT2D eigenvalue weighted by atomic mass is 10.2. The highest BCUT2D eigenvalue weighted by Gasteiger charge is 2.21.